The number of aliphatic hydroxyl groups excluding tert-OH is 3. The fraction of sp³-hybridized carbons (Fsp3) is 0.778. The lowest BCUT2D eigenvalue weighted by Crippen LogP contribution is -2.59. The maximum atomic E-state index is 11.2. The minimum Gasteiger partial charge on any atom is -0.467 e. The highest BCUT2D eigenvalue weighted by Gasteiger charge is 2.47. The summed E-state index contributed by atoms with van der Waals surface area (Å²) in [5.41, 5.74) is 5.31. The second-order valence-corrected chi connectivity index (χ2v) is 3.71. The summed E-state index contributed by atoms with van der Waals surface area (Å²) in [5.74, 6) is -0.775. The molecule has 0 aromatic heterocycles. The summed E-state index contributed by atoms with van der Waals surface area (Å²) in [7, 11) is 1.10. The largest absolute Gasteiger partial charge is 0.467 e. The maximum absolute atomic E-state index is 11.2. The first-order valence-corrected chi connectivity index (χ1v) is 4.95. The van der Waals surface area contributed by atoms with E-state index in [0.717, 1.165) is 7.11 Å². The van der Waals surface area contributed by atoms with Gasteiger partial charge in [0.25, 0.3) is 0 Å². The molecule has 8 nitrogen and oxygen atoms in total. The average Bonchev–Trinajstić information content (AvgIpc) is 2.28. The number of hydrogen-bond donors (Lipinski definition) is 4. The van der Waals surface area contributed by atoms with Gasteiger partial charge < -0.3 is 30.5 Å². The number of aliphatic imine (C=N–C) groups is 1. The van der Waals surface area contributed by atoms with E-state index in [1.54, 1.807) is 0 Å². The fourth-order valence-electron chi connectivity index (χ4n) is 1.55. The van der Waals surface area contributed by atoms with E-state index in [4.69, 9.17) is 10.5 Å². The molecule has 1 fully saturated rings. The summed E-state index contributed by atoms with van der Waals surface area (Å²) in [4.78, 5) is 14.9. The van der Waals surface area contributed by atoms with E-state index in [2.05, 4.69) is 9.73 Å². The third-order valence-corrected chi connectivity index (χ3v) is 2.37. The topological polar surface area (TPSA) is 135 Å². The number of carbonyl (C=O) groups is 1. The molecule has 1 saturated heterocycles. The highest BCUT2D eigenvalue weighted by molar-refractivity contribution is 5.78. The van der Waals surface area contributed by atoms with E-state index in [-0.39, 0.29) is 5.84 Å². The van der Waals surface area contributed by atoms with E-state index in [0.29, 0.717) is 0 Å². The second kappa shape index (κ2) is 5.41. The molecule has 1 aliphatic rings. The minimum atomic E-state index is -1.55. The second-order valence-electron chi connectivity index (χ2n) is 3.71. The van der Waals surface area contributed by atoms with Gasteiger partial charge in [0.05, 0.1) is 12.9 Å². The number of carbonyl (C=O) groups excluding carboxylic acids is 1. The van der Waals surface area contributed by atoms with Crippen molar-refractivity contribution >= 4 is 11.8 Å². The molecule has 5 atom stereocenters. The molecule has 0 aromatic carbocycles. The maximum Gasteiger partial charge on any atom is 0.337 e. The lowest BCUT2D eigenvalue weighted by molar-refractivity contribution is -0.245. The van der Waals surface area contributed by atoms with Crippen molar-refractivity contribution < 1.29 is 29.6 Å². The zero-order chi connectivity index (χ0) is 13.2. The third-order valence-electron chi connectivity index (χ3n) is 2.37. The van der Waals surface area contributed by atoms with Crippen LogP contribution in [0.3, 0.4) is 0 Å². The fourth-order valence-corrected chi connectivity index (χ4v) is 1.55. The van der Waals surface area contributed by atoms with E-state index in [1.165, 1.54) is 6.92 Å². The number of aliphatic hydroxyl groups is 3. The van der Waals surface area contributed by atoms with Crippen LogP contribution in [0.5, 0.6) is 0 Å². The van der Waals surface area contributed by atoms with Gasteiger partial charge in [-0.25, -0.2) is 4.79 Å². The summed E-state index contributed by atoms with van der Waals surface area (Å²) in [5, 5.41) is 28.9. The number of nitrogens with two attached hydrogens (primary N) is 1. The van der Waals surface area contributed by atoms with Crippen LogP contribution in [-0.2, 0) is 14.3 Å². The molecule has 17 heavy (non-hydrogen) atoms. The van der Waals surface area contributed by atoms with Gasteiger partial charge in [-0.2, -0.15) is 0 Å². The Morgan fingerprint density at radius 1 is 1.35 bits per heavy atom. The van der Waals surface area contributed by atoms with E-state index < -0.39 is 36.6 Å². The zero-order valence-electron chi connectivity index (χ0n) is 9.48. The molecule has 5 N–H and O–H groups in total. The number of ether oxygens (including phenoxy) is 2. The molecule has 0 aromatic rings. The Morgan fingerprint density at radius 2 is 1.94 bits per heavy atom. The molecular weight excluding hydrogens is 232 g/mol. The summed E-state index contributed by atoms with van der Waals surface area (Å²) in [6.07, 6.45) is -6.01. The molecule has 0 unspecified atom stereocenters. The lowest BCUT2D eigenvalue weighted by Gasteiger charge is -2.37. The van der Waals surface area contributed by atoms with Crippen molar-refractivity contribution in [1.29, 1.82) is 0 Å². The van der Waals surface area contributed by atoms with Crippen LogP contribution in [0, 0.1) is 0 Å². The molecule has 0 aliphatic carbocycles. The Kier molecular flexibility index (Phi) is 4.40. The van der Waals surface area contributed by atoms with Crippen LogP contribution >= 0.6 is 0 Å². The number of hydrogen-bond acceptors (Lipinski definition) is 7. The van der Waals surface area contributed by atoms with E-state index >= 15 is 0 Å². The Morgan fingerprint density at radius 3 is 2.41 bits per heavy atom. The molecule has 1 rings (SSSR count). The lowest BCUT2D eigenvalue weighted by atomic mass is 9.97. The van der Waals surface area contributed by atoms with Crippen LogP contribution in [0.4, 0.5) is 0 Å². The number of amidine groups is 1. The van der Waals surface area contributed by atoms with Crippen LogP contribution in [0.15, 0.2) is 4.99 Å². The Hall–Kier alpha value is -1.22. The van der Waals surface area contributed by atoms with Crippen LogP contribution in [-0.4, -0.2) is 64.9 Å². The molecule has 8 heteroatoms. The monoisotopic (exact) mass is 248 g/mol. The van der Waals surface area contributed by atoms with Crippen LogP contribution in [0.25, 0.3) is 0 Å². The number of esters is 1. The van der Waals surface area contributed by atoms with Crippen molar-refractivity contribution in [3.63, 3.8) is 0 Å². The normalized spacial score (nSPS) is 38.9. The molecule has 98 valence electrons. The standard InChI is InChI=1S/C9H16N2O6/c1-3(10)11-4-5(12)6(13)7(9(15)16-2)17-8(4)14/h4-8,12-14H,1-2H3,(H2,10,11)/t4-,5-,6-,7+,8-/m1/s1. The van der Waals surface area contributed by atoms with Gasteiger partial charge in [0.2, 0.25) is 0 Å². The molecule has 1 heterocycles. The highest BCUT2D eigenvalue weighted by Crippen LogP contribution is 2.23. The van der Waals surface area contributed by atoms with Gasteiger partial charge in [-0.15, -0.1) is 0 Å². The molecule has 0 spiro atoms. The van der Waals surface area contributed by atoms with Crippen molar-refractivity contribution in [2.24, 2.45) is 10.7 Å². The number of methoxy groups -OCH3 is 1. The zero-order valence-corrected chi connectivity index (χ0v) is 9.48. The van der Waals surface area contributed by atoms with Gasteiger partial charge in [-0.05, 0) is 6.92 Å². The van der Waals surface area contributed by atoms with Gasteiger partial charge in [-0.1, -0.05) is 0 Å². The average molecular weight is 248 g/mol. The van der Waals surface area contributed by atoms with E-state index in [1.807, 2.05) is 0 Å². The third kappa shape index (κ3) is 2.91. The van der Waals surface area contributed by atoms with Gasteiger partial charge in [-0.3, -0.25) is 4.99 Å². The first kappa shape index (κ1) is 13.8. The summed E-state index contributed by atoms with van der Waals surface area (Å²) in [6.45, 7) is 1.46. The Labute approximate surface area is 97.7 Å². The smallest absolute Gasteiger partial charge is 0.337 e. The molecule has 0 saturated carbocycles. The van der Waals surface area contributed by atoms with Gasteiger partial charge in [0.15, 0.2) is 12.4 Å². The summed E-state index contributed by atoms with van der Waals surface area (Å²) >= 11 is 0. The minimum absolute atomic E-state index is 0.111. The van der Waals surface area contributed by atoms with Crippen LogP contribution in [0.1, 0.15) is 6.92 Å². The number of rotatable bonds is 2. The molecular formula is C9H16N2O6. The first-order chi connectivity index (χ1) is 7.88. The highest BCUT2D eigenvalue weighted by atomic mass is 16.6. The van der Waals surface area contributed by atoms with Crippen molar-refractivity contribution in [2.75, 3.05) is 7.11 Å². The Balaban J connectivity index is 2.87. The molecule has 0 radical (unpaired) electrons. The quantitative estimate of drug-likeness (QED) is 0.238. The SMILES string of the molecule is COC(=O)[C@H]1O[C@@H](O)[C@H](N=C(C)N)[C@@H](O)[C@H]1O. The van der Waals surface area contributed by atoms with Crippen molar-refractivity contribution in [3.05, 3.63) is 0 Å². The van der Waals surface area contributed by atoms with Crippen molar-refractivity contribution in [2.45, 2.75) is 37.6 Å². The van der Waals surface area contributed by atoms with Crippen molar-refractivity contribution in [1.82, 2.24) is 0 Å². The molecule has 1 aliphatic heterocycles. The van der Waals surface area contributed by atoms with Gasteiger partial charge >= 0.3 is 5.97 Å². The number of nitrogens with zero attached hydrogens (tertiary/aromatic N) is 1. The summed E-state index contributed by atoms with van der Waals surface area (Å²) in [6, 6.07) is -1.14. The van der Waals surface area contributed by atoms with Crippen molar-refractivity contribution in [3.8, 4) is 0 Å². The summed E-state index contributed by atoms with van der Waals surface area (Å²) < 4.78 is 9.21. The molecule has 0 amide bonds. The van der Waals surface area contributed by atoms with Crippen LogP contribution < -0.4 is 5.73 Å². The Bertz CT molecular complexity index is 317. The van der Waals surface area contributed by atoms with E-state index in [9.17, 15) is 20.1 Å². The van der Waals surface area contributed by atoms with Crippen LogP contribution in [0.2, 0.25) is 0 Å². The molecule has 0 bridgehead atoms. The predicted molar refractivity (Wildman–Crippen MR) is 56.0 cm³/mol. The van der Waals surface area contributed by atoms with Gasteiger partial charge in [0, 0.05) is 0 Å². The predicted octanol–water partition coefficient (Wildman–Crippen LogP) is -2.66. The van der Waals surface area contributed by atoms with Gasteiger partial charge in [0.1, 0.15) is 18.2 Å². The first-order valence-electron chi connectivity index (χ1n) is 4.95.